The first kappa shape index (κ1) is 15.1. The second kappa shape index (κ2) is 5.73. The summed E-state index contributed by atoms with van der Waals surface area (Å²) < 4.78 is 0. The average Bonchev–Trinajstić information content (AvgIpc) is 2.99. The summed E-state index contributed by atoms with van der Waals surface area (Å²) in [5.74, 6) is 0. The molecular weight excluding hydrogens is 256 g/mol. The second-order valence-corrected chi connectivity index (χ2v) is 7.37. The van der Waals surface area contributed by atoms with Gasteiger partial charge in [0.25, 0.3) is 0 Å². The zero-order chi connectivity index (χ0) is 14.9. The quantitative estimate of drug-likeness (QED) is 0.906. The molecule has 0 aromatic heterocycles. The summed E-state index contributed by atoms with van der Waals surface area (Å²) >= 11 is 0. The van der Waals surface area contributed by atoms with E-state index in [9.17, 15) is 0 Å². The van der Waals surface area contributed by atoms with E-state index in [1.165, 1.54) is 44.2 Å². The van der Waals surface area contributed by atoms with Gasteiger partial charge < -0.3 is 5.32 Å². The minimum absolute atomic E-state index is 0.116. The minimum atomic E-state index is 0.116. The lowest BCUT2D eigenvalue weighted by molar-refractivity contribution is -0.0157. The zero-order valence-electron chi connectivity index (χ0n) is 13.9. The molecule has 1 heterocycles. The van der Waals surface area contributed by atoms with Crippen molar-refractivity contribution in [1.82, 2.24) is 10.2 Å². The summed E-state index contributed by atoms with van der Waals surface area (Å²) in [6.07, 6.45) is 6.71. The van der Waals surface area contributed by atoms with Gasteiger partial charge in [0, 0.05) is 24.7 Å². The second-order valence-electron chi connectivity index (χ2n) is 7.37. The third kappa shape index (κ3) is 2.64. The molecule has 0 bridgehead atoms. The molecule has 2 unspecified atom stereocenters. The number of hydrogen-bond acceptors (Lipinski definition) is 2. The topological polar surface area (TPSA) is 15.3 Å². The highest BCUT2D eigenvalue weighted by atomic mass is 15.3. The summed E-state index contributed by atoms with van der Waals surface area (Å²) in [6.45, 7) is 9.41. The van der Waals surface area contributed by atoms with Crippen LogP contribution in [0.15, 0.2) is 30.3 Å². The molecule has 2 atom stereocenters. The minimum Gasteiger partial charge on any atom is -0.308 e. The molecule has 1 saturated carbocycles. The van der Waals surface area contributed by atoms with Crippen molar-refractivity contribution in [3.63, 3.8) is 0 Å². The number of piperazine rings is 1. The summed E-state index contributed by atoms with van der Waals surface area (Å²) in [6, 6.07) is 11.7. The molecule has 116 valence electrons. The van der Waals surface area contributed by atoms with E-state index < -0.39 is 0 Å². The summed E-state index contributed by atoms with van der Waals surface area (Å²) in [7, 11) is 0. The molecule has 1 aromatic rings. The Balaban J connectivity index is 1.92. The highest BCUT2D eigenvalue weighted by molar-refractivity contribution is 5.26. The van der Waals surface area contributed by atoms with E-state index in [4.69, 9.17) is 0 Å². The maximum absolute atomic E-state index is 3.95. The molecule has 0 amide bonds. The van der Waals surface area contributed by atoms with Crippen molar-refractivity contribution < 1.29 is 0 Å². The Morgan fingerprint density at radius 1 is 1.19 bits per heavy atom. The maximum atomic E-state index is 3.95. The van der Waals surface area contributed by atoms with Gasteiger partial charge in [-0.3, -0.25) is 4.90 Å². The van der Waals surface area contributed by atoms with Crippen LogP contribution in [0.4, 0.5) is 0 Å². The van der Waals surface area contributed by atoms with Crippen molar-refractivity contribution in [3.05, 3.63) is 35.9 Å². The lowest BCUT2D eigenvalue weighted by Gasteiger charge is -2.55. The van der Waals surface area contributed by atoms with Gasteiger partial charge in [0.1, 0.15) is 0 Å². The fraction of sp³-hybridized carbons (Fsp3) is 0.684. The third-order valence-corrected chi connectivity index (χ3v) is 5.99. The van der Waals surface area contributed by atoms with Crippen molar-refractivity contribution in [1.29, 1.82) is 0 Å². The monoisotopic (exact) mass is 286 g/mol. The van der Waals surface area contributed by atoms with Gasteiger partial charge in [0.15, 0.2) is 0 Å². The smallest absolute Gasteiger partial charge is 0.0560 e. The first-order valence-electron chi connectivity index (χ1n) is 8.67. The molecule has 0 radical (unpaired) electrons. The van der Waals surface area contributed by atoms with Crippen LogP contribution in [0.3, 0.4) is 0 Å². The van der Waals surface area contributed by atoms with E-state index in [0.717, 1.165) is 6.54 Å². The van der Waals surface area contributed by atoms with Crippen molar-refractivity contribution in [3.8, 4) is 0 Å². The Labute approximate surface area is 129 Å². The van der Waals surface area contributed by atoms with Crippen LogP contribution < -0.4 is 5.32 Å². The largest absolute Gasteiger partial charge is 0.308 e. The average molecular weight is 286 g/mol. The Kier molecular flexibility index (Phi) is 4.11. The van der Waals surface area contributed by atoms with E-state index in [1.807, 2.05) is 0 Å². The molecule has 2 fully saturated rings. The van der Waals surface area contributed by atoms with Crippen molar-refractivity contribution in [2.75, 3.05) is 13.1 Å². The van der Waals surface area contributed by atoms with Crippen LogP contribution >= 0.6 is 0 Å². The fourth-order valence-corrected chi connectivity index (χ4v) is 4.33. The molecule has 2 aliphatic rings. The van der Waals surface area contributed by atoms with Gasteiger partial charge in [-0.2, -0.15) is 0 Å². The van der Waals surface area contributed by atoms with E-state index in [2.05, 4.69) is 61.3 Å². The van der Waals surface area contributed by atoms with Crippen LogP contribution in [-0.4, -0.2) is 29.6 Å². The number of rotatable bonds is 3. The number of nitrogens with one attached hydrogen (secondary N) is 1. The molecule has 1 aliphatic heterocycles. The molecule has 2 nitrogen and oxygen atoms in total. The Morgan fingerprint density at radius 3 is 2.48 bits per heavy atom. The van der Waals surface area contributed by atoms with Crippen molar-refractivity contribution in [2.45, 2.75) is 70.0 Å². The van der Waals surface area contributed by atoms with Crippen LogP contribution in [-0.2, 0) is 5.54 Å². The molecule has 1 aromatic carbocycles. The SMILES string of the molecule is CCC(C)N1CC2(CCCC2)NCC1(C)c1ccccc1. The first-order chi connectivity index (χ1) is 10.1. The van der Waals surface area contributed by atoms with Crippen LogP contribution in [0.25, 0.3) is 0 Å². The first-order valence-corrected chi connectivity index (χ1v) is 8.67. The van der Waals surface area contributed by atoms with Gasteiger partial charge in [0.2, 0.25) is 0 Å². The van der Waals surface area contributed by atoms with E-state index >= 15 is 0 Å². The van der Waals surface area contributed by atoms with Gasteiger partial charge in [0.05, 0.1) is 5.54 Å². The summed E-state index contributed by atoms with van der Waals surface area (Å²) in [4.78, 5) is 2.78. The highest BCUT2D eigenvalue weighted by Crippen LogP contribution is 2.41. The van der Waals surface area contributed by atoms with Crippen LogP contribution in [0.2, 0.25) is 0 Å². The lowest BCUT2D eigenvalue weighted by Crippen LogP contribution is -2.68. The molecule has 1 saturated heterocycles. The lowest BCUT2D eigenvalue weighted by atomic mass is 9.81. The molecule has 1 N–H and O–H groups in total. The Bertz CT molecular complexity index is 464. The zero-order valence-corrected chi connectivity index (χ0v) is 13.9. The molecule has 1 spiro atoms. The van der Waals surface area contributed by atoms with Gasteiger partial charge >= 0.3 is 0 Å². The number of benzene rings is 1. The van der Waals surface area contributed by atoms with E-state index in [0.29, 0.717) is 11.6 Å². The highest BCUT2D eigenvalue weighted by Gasteiger charge is 2.47. The predicted molar refractivity (Wildman–Crippen MR) is 89.5 cm³/mol. The van der Waals surface area contributed by atoms with Crippen LogP contribution in [0.1, 0.15) is 58.4 Å². The predicted octanol–water partition coefficient (Wildman–Crippen LogP) is 3.92. The van der Waals surface area contributed by atoms with Crippen LogP contribution in [0.5, 0.6) is 0 Å². The summed E-state index contributed by atoms with van der Waals surface area (Å²) in [5.41, 5.74) is 1.95. The molecule has 2 heteroatoms. The normalized spacial score (nSPS) is 30.6. The van der Waals surface area contributed by atoms with Crippen molar-refractivity contribution >= 4 is 0 Å². The van der Waals surface area contributed by atoms with Crippen LogP contribution in [0, 0.1) is 0 Å². The van der Waals surface area contributed by atoms with Gasteiger partial charge in [-0.05, 0) is 38.7 Å². The van der Waals surface area contributed by atoms with Gasteiger partial charge in [-0.15, -0.1) is 0 Å². The number of nitrogens with zero attached hydrogens (tertiary/aromatic N) is 1. The molecule has 21 heavy (non-hydrogen) atoms. The van der Waals surface area contributed by atoms with Gasteiger partial charge in [-0.25, -0.2) is 0 Å². The summed E-state index contributed by atoms with van der Waals surface area (Å²) in [5, 5.41) is 3.95. The van der Waals surface area contributed by atoms with Crippen molar-refractivity contribution in [2.24, 2.45) is 0 Å². The van der Waals surface area contributed by atoms with E-state index in [-0.39, 0.29) is 5.54 Å². The standard InChI is InChI=1S/C19H30N2/c1-4-16(2)21-15-19(12-8-9-13-19)20-14-18(21,3)17-10-6-5-7-11-17/h5-7,10-11,16,20H,4,8-9,12-15H2,1-3H3. The molecular formula is C19H30N2. The Morgan fingerprint density at radius 2 is 1.86 bits per heavy atom. The van der Waals surface area contributed by atoms with Gasteiger partial charge in [-0.1, -0.05) is 50.1 Å². The molecule has 1 aliphatic carbocycles. The fourth-order valence-electron chi connectivity index (χ4n) is 4.33. The maximum Gasteiger partial charge on any atom is 0.0560 e. The Hall–Kier alpha value is -0.860. The third-order valence-electron chi connectivity index (χ3n) is 5.99. The molecule has 3 rings (SSSR count). The van der Waals surface area contributed by atoms with E-state index in [1.54, 1.807) is 0 Å². The number of hydrogen-bond donors (Lipinski definition) is 1.